The van der Waals surface area contributed by atoms with Gasteiger partial charge in [0.1, 0.15) is 29.5 Å². The van der Waals surface area contributed by atoms with Gasteiger partial charge in [-0.3, -0.25) is 9.59 Å². The second-order valence-electron chi connectivity index (χ2n) is 9.05. The second kappa shape index (κ2) is 9.55. The van der Waals surface area contributed by atoms with E-state index in [1.807, 2.05) is 0 Å². The van der Waals surface area contributed by atoms with Crippen molar-refractivity contribution >= 4 is 34.5 Å². The first kappa shape index (κ1) is 26.5. The van der Waals surface area contributed by atoms with Crippen LogP contribution in [-0.4, -0.2) is 61.6 Å². The van der Waals surface area contributed by atoms with Gasteiger partial charge in [0, 0.05) is 23.1 Å². The van der Waals surface area contributed by atoms with Gasteiger partial charge in [0.25, 0.3) is 11.8 Å². The largest absolute Gasteiger partial charge is 0.418 e. The summed E-state index contributed by atoms with van der Waals surface area (Å²) in [6.45, 7) is 2.78. The molecule has 0 spiro atoms. The third-order valence-corrected chi connectivity index (χ3v) is 7.19. The molecule has 4 aromatic rings. The van der Waals surface area contributed by atoms with Crippen molar-refractivity contribution in [3.63, 3.8) is 0 Å². The van der Waals surface area contributed by atoms with Gasteiger partial charge in [-0.2, -0.15) is 18.3 Å². The molecule has 0 saturated carbocycles. The molecular formula is C24H20F5N7O2S. The maximum Gasteiger partial charge on any atom is 0.418 e. The fourth-order valence-electron chi connectivity index (χ4n) is 4.53. The minimum absolute atomic E-state index is 0.0935. The van der Waals surface area contributed by atoms with Crippen molar-refractivity contribution in [3.8, 4) is 11.3 Å². The Morgan fingerprint density at radius 1 is 1.18 bits per heavy atom. The number of aromatic nitrogens is 4. The predicted molar refractivity (Wildman–Crippen MR) is 131 cm³/mol. The van der Waals surface area contributed by atoms with E-state index in [0.29, 0.717) is 11.1 Å². The van der Waals surface area contributed by atoms with Crippen LogP contribution in [0.3, 0.4) is 0 Å². The summed E-state index contributed by atoms with van der Waals surface area (Å²) in [5.74, 6) is -2.63. The molecule has 1 aromatic carbocycles. The van der Waals surface area contributed by atoms with Crippen molar-refractivity contribution in [1.82, 2.24) is 29.8 Å². The molecule has 4 heterocycles. The number of thiazole rings is 1. The number of amides is 2. The smallest absolute Gasteiger partial charge is 0.382 e. The van der Waals surface area contributed by atoms with Gasteiger partial charge in [0.05, 0.1) is 28.9 Å². The number of alkyl halides is 4. The fourth-order valence-corrected chi connectivity index (χ4v) is 5.11. The van der Waals surface area contributed by atoms with Crippen LogP contribution in [0.1, 0.15) is 37.0 Å². The van der Waals surface area contributed by atoms with E-state index in [-0.39, 0.29) is 41.2 Å². The minimum Gasteiger partial charge on any atom is -0.382 e. The third-order valence-electron chi connectivity index (χ3n) is 6.41. The molecule has 3 N–H and O–H groups in total. The molecule has 3 aromatic heterocycles. The lowest BCUT2D eigenvalue weighted by atomic mass is 10.0. The quantitative estimate of drug-likeness (QED) is 0.364. The van der Waals surface area contributed by atoms with Crippen LogP contribution in [0.5, 0.6) is 0 Å². The summed E-state index contributed by atoms with van der Waals surface area (Å²) < 4.78 is 71.8. The van der Waals surface area contributed by atoms with Gasteiger partial charge in [-0.1, -0.05) is 0 Å². The van der Waals surface area contributed by atoms with Crippen molar-refractivity contribution in [3.05, 3.63) is 63.1 Å². The van der Waals surface area contributed by atoms with E-state index in [2.05, 4.69) is 20.4 Å². The Hall–Kier alpha value is -4.14. The molecule has 39 heavy (non-hydrogen) atoms. The zero-order valence-corrected chi connectivity index (χ0v) is 21.2. The molecule has 204 valence electrons. The van der Waals surface area contributed by atoms with Crippen LogP contribution >= 0.6 is 11.3 Å². The maximum absolute atomic E-state index is 15.1. The number of rotatable bonds is 4. The Balaban J connectivity index is 1.45. The summed E-state index contributed by atoms with van der Waals surface area (Å²) in [6.07, 6.45) is -5.50. The normalized spacial score (nSPS) is 17.7. The molecule has 0 bridgehead atoms. The van der Waals surface area contributed by atoms with Gasteiger partial charge in [-0.05, 0) is 37.6 Å². The van der Waals surface area contributed by atoms with Gasteiger partial charge in [-0.25, -0.2) is 23.3 Å². The van der Waals surface area contributed by atoms with Gasteiger partial charge in [0.15, 0.2) is 5.82 Å². The number of fused-ring (bicyclic) bond motifs is 1. The van der Waals surface area contributed by atoms with Crippen LogP contribution in [0.4, 0.5) is 27.8 Å². The number of nitrogen functional groups attached to an aromatic ring is 1. The average molecular weight is 566 g/mol. The number of aryl methyl sites for hydroxylation is 2. The number of anilines is 1. The molecule has 2 atom stereocenters. The molecule has 1 aliphatic rings. The van der Waals surface area contributed by atoms with Gasteiger partial charge < -0.3 is 16.0 Å². The zero-order chi connectivity index (χ0) is 28.2. The summed E-state index contributed by atoms with van der Waals surface area (Å²) in [7, 11) is 0. The third kappa shape index (κ3) is 4.77. The Bertz CT molecular complexity index is 1620. The number of carbonyl (C=O) groups excluding carboxylic acids is 2. The van der Waals surface area contributed by atoms with Crippen LogP contribution < -0.4 is 11.1 Å². The molecule has 1 saturated heterocycles. The van der Waals surface area contributed by atoms with Gasteiger partial charge in [-0.15, -0.1) is 11.3 Å². The molecule has 0 unspecified atom stereocenters. The molecule has 5 rings (SSSR count). The number of hydrogen-bond acceptors (Lipinski definition) is 7. The molecule has 1 aliphatic heterocycles. The van der Waals surface area contributed by atoms with E-state index in [9.17, 15) is 27.2 Å². The number of nitrogens with two attached hydrogens (primary N) is 1. The van der Waals surface area contributed by atoms with Crippen molar-refractivity contribution in [2.75, 3.05) is 18.8 Å². The van der Waals surface area contributed by atoms with Gasteiger partial charge >= 0.3 is 6.18 Å². The van der Waals surface area contributed by atoms with E-state index in [0.717, 1.165) is 23.0 Å². The lowest BCUT2D eigenvalue weighted by Gasteiger charge is -2.17. The zero-order valence-electron chi connectivity index (χ0n) is 20.4. The summed E-state index contributed by atoms with van der Waals surface area (Å²) in [6, 6.07) is 1.67. The predicted octanol–water partition coefficient (Wildman–Crippen LogP) is 3.80. The number of likely N-dealkylation sites (tertiary alicyclic amines) is 1. The van der Waals surface area contributed by atoms with E-state index in [1.54, 1.807) is 12.3 Å². The maximum atomic E-state index is 15.1. The minimum atomic E-state index is -4.84. The highest BCUT2D eigenvalue weighted by molar-refractivity contribution is 7.09. The van der Waals surface area contributed by atoms with Gasteiger partial charge in [0.2, 0.25) is 0 Å². The summed E-state index contributed by atoms with van der Waals surface area (Å²) in [5, 5.41) is 8.56. The monoisotopic (exact) mass is 565 g/mol. The van der Waals surface area contributed by atoms with E-state index < -0.39 is 52.9 Å². The molecular weight excluding hydrogens is 545 g/mol. The molecule has 0 radical (unpaired) electrons. The van der Waals surface area contributed by atoms with Crippen molar-refractivity contribution in [2.45, 2.75) is 32.2 Å². The highest BCUT2D eigenvalue weighted by atomic mass is 32.1. The average Bonchev–Trinajstić information content (AvgIpc) is 3.56. The Labute approximate surface area is 221 Å². The van der Waals surface area contributed by atoms with Crippen LogP contribution in [-0.2, 0) is 6.18 Å². The number of nitrogens with zero attached hydrogens (tertiary/aromatic N) is 5. The Kier molecular flexibility index (Phi) is 6.48. The molecule has 15 heteroatoms. The van der Waals surface area contributed by atoms with Crippen molar-refractivity contribution < 1.29 is 31.5 Å². The summed E-state index contributed by atoms with van der Waals surface area (Å²) in [5.41, 5.74) is 3.52. The van der Waals surface area contributed by atoms with Crippen LogP contribution in [0.25, 0.3) is 16.8 Å². The number of benzene rings is 1. The van der Waals surface area contributed by atoms with Crippen LogP contribution in [0.15, 0.2) is 29.9 Å². The van der Waals surface area contributed by atoms with E-state index in [4.69, 9.17) is 5.73 Å². The first-order valence-electron chi connectivity index (χ1n) is 11.5. The highest BCUT2D eigenvalue weighted by Gasteiger charge is 2.39. The summed E-state index contributed by atoms with van der Waals surface area (Å²) >= 11 is 1.28. The first-order chi connectivity index (χ1) is 18.3. The lowest BCUT2D eigenvalue weighted by molar-refractivity contribution is -0.136. The van der Waals surface area contributed by atoms with E-state index >= 15 is 4.39 Å². The van der Waals surface area contributed by atoms with Crippen molar-refractivity contribution in [2.24, 2.45) is 0 Å². The second-order valence-corrected chi connectivity index (χ2v) is 10.1. The lowest BCUT2D eigenvalue weighted by Crippen LogP contribution is -2.42. The fraction of sp³-hybridized carbons (Fsp3) is 0.292. The van der Waals surface area contributed by atoms with Crippen molar-refractivity contribution in [1.29, 1.82) is 0 Å². The number of halogens is 5. The molecule has 2 amide bonds. The van der Waals surface area contributed by atoms with E-state index in [1.165, 1.54) is 23.2 Å². The standard InChI is InChI=1S/C24H20F5N7O2S/c1-10-3-15(25)13(19-5-14(24(27,28)29)20-21(30)31-9-32-36(19)20)4-12(10)22(37)34-17-7-35(6-16(17)26)23(38)18-8-39-11(2)33-18/h3-5,8-9,16-17H,6-7H2,1-2H3,(H,34,37)(H2,30,31,32)/t16-,17+/m0/s1. The first-order valence-corrected chi connectivity index (χ1v) is 12.4. The molecule has 9 nitrogen and oxygen atoms in total. The summed E-state index contributed by atoms with van der Waals surface area (Å²) in [4.78, 5) is 34.7. The molecule has 1 fully saturated rings. The van der Waals surface area contributed by atoms with Crippen LogP contribution in [0.2, 0.25) is 0 Å². The topological polar surface area (TPSA) is 119 Å². The number of nitrogens with one attached hydrogen (secondary N) is 1. The highest BCUT2D eigenvalue weighted by Crippen LogP contribution is 2.39. The van der Waals surface area contributed by atoms with Crippen LogP contribution in [0, 0.1) is 19.7 Å². The Morgan fingerprint density at radius 2 is 1.92 bits per heavy atom. The SMILES string of the molecule is Cc1nc(C(=O)N2C[C@H](F)[C@H](NC(=O)c3cc(-c4cc(C(F)(F)F)c5c(N)ncnn45)c(F)cc3C)C2)cs1. The number of carbonyl (C=O) groups is 2. The Morgan fingerprint density at radius 3 is 2.59 bits per heavy atom. The molecule has 0 aliphatic carbocycles. The number of hydrogen-bond donors (Lipinski definition) is 2.